The summed E-state index contributed by atoms with van der Waals surface area (Å²) >= 11 is 0. The van der Waals surface area contributed by atoms with Crippen molar-refractivity contribution in [3.05, 3.63) is 23.8 Å². The van der Waals surface area contributed by atoms with Gasteiger partial charge in [0.15, 0.2) is 24.1 Å². The summed E-state index contributed by atoms with van der Waals surface area (Å²) < 4.78 is 27.8. The smallest absolute Gasteiger partial charge is 0.187 e. The molecule has 2 aliphatic rings. The van der Waals surface area contributed by atoms with Crippen molar-refractivity contribution >= 4 is 5.78 Å². The van der Waals surface area contributed by atoms with Crippen molar-refractivity contribution in [1.29, 1.82) is 0 Å². The summed E-state index contributed by atoms with van der Waals surface area (Å²) in [5, 5.41) is 81.3. The summed E-state index contributed by atoms with van der Waals surface area (Å²) in [7, 11) is 1.44. The van der Waals surface area contributed by atoms with Crippen LogP contribution in [0.4, 0.5) is 0 Å². The Bertz CT molecular complexity index is 990. The number of carbonyl (C=O) groups excluding carboxylic acids is 1. The molecule has 2 aliphatic heterocycles. The van der Waals surface area contributed by atoms with E-state index in [0.29, 0.717) is 18.6 Å². The zero-order chi connectivity index (χ0) is 31.7. The molecule has 43 heavy (non-hydrogen) atoms. The van der Waals surface area contributed by atoms with E-state index >= 15 is 0 Å². The zero-order valence-electron chi connectivity index (χ0n) is 24.5. The van der Waals surface area contributed by atoms with Gasteiger partial charge in [-0.25, -0.2) is 0 Å². The summed E-state index contributed by atoms with van der Waals surface area (Å²) in [4.78, 5) is 12.9. The minimum Gasteiger partial charge on any atom is -0.504 e. The largest absolute Gasteiger partial charge is 0.504 e. The number of aromatic hydroxyl groups is 1. The van der Waals surface area contributed by atoms with Gasteiger partial charge in [0.1, 0.15) is 54.6 Å². The highest BCUT2D eigenvalue weighted by atomic mass is 16.7. The Kier molecular flexibility index (Phi) is 14.0. The van der Waals surface area contributed by atoms with Crippen LogP contribution in [-0.4, -0.2) is 134 Å². The van der Waals surface area contributed by atoms with Crippen LogP contribution < -0.4 is 4.74 Å². The van der Waals surface area contributed by atoms with Crippen LogP contribution in [0.5, 0.6) is 11.5 Å². The van der Waals surface area contributed by atoms with Gasteiger partial charge >= 0.3 is 0 Å². The topological polar surface area (TPSA) is 225 Å². The molecule has 0 spiro atoms. The first-order valence-corrected chi connectivity index (χ1v) is 14.7. The summed E-state index contributed by atoms with van der Waals surface area (Å²) in [5.41, 5.74) is 0.803. The molecule has 246 valence electrons. The molecule has 0 aliphatic carbocycles. The Morgan fingerprint density at radius 2 is 1.58 bits per heavy atom. The first-order chi connectivity index (χ1) is 20.5. The standard InChI is InChI=1S/C29H46O14/c1-3-4-5-6-17(12-16(32)9-7-15-8-10-18(33)19(11-15)39-2)40-28-26(38)24(36)27(21(14-31)42-28)43-29-25(37)23(35)22(34)20(13-30)41-29/h8,10-11,17,20-31,33-38H,3-7,9,12-14H2,1-2H3. The number of methoxy groups -OCH3 is 1. The number of aliphatic hydroxyl groups excluding tert-OH is 7. The lowest BCUT2D eigenvalue weighted by molar-refractivity contribution is -0.362. The van der Waals surface area contributed by atoms with Crippen LogP contribution in [0.3, 0.4) is 0 Å². The Labute approximate surface area is 250 Å². The molecular weight excluding hydrogens is 572 g/mol. The van der Waals surface area contributed by atoms with E-state index in [-0.39, 0.29) is 24.4 Å². The van der Waals surface area contributed by atoms with Crippen LogP contribution in [0, 0.1) is 0 Å². The van der Waals surface area contributed by atoms with Gasteiger partial charge in [0, 0.05) is 12.8 Å². The molecule has 11 unspecified atom stereocenters. The number of aryl methyl sites for hydroxylation is 1. The van der Waals surface area contributed by atoms with Crippen molar-refractivity contribution in [2.45, 2.75) is 119 Å². The normalized spacial score (nSPS) is 33.7. The number of ether oxygens (including phenoxy) is 5. The average molecular weight is 619 g/mol. The van der Waals surface area contributed by atoms with Gasteiger partial charge in [0.2, 0.25) is 0 Å². The third kappa shape index (κ3) is 9.28. The fraction of sp³-hybridized carbons (Fsp3) is 0.759. The molecule has 0 saturated carbocycles. The van der Waals surface area contributed by atoms with Gasteiger partial charge < -0.3 is 64.5 Å². The molecule has 2 heterocycles. The molecule has 14 heteroatoms. The third-order valence-electron chi connectivity index (χ3n) is 7.81. The summed E-state index contributed by atoms with van der Waals surface area (Å²) in [6, 6.07) is 4.85. The maximum atomic E-state index is 12.9. The number of hydrogen-bond donors (Lipinski definition) is 8. The number of carbonyl (C=O) groups is 1. The zero-order valence-corrected chi connectivity index (χ0v) is 24.5. The molecular formula is C29H46O14. The number of unbranched alkanes of at least 4 members (excludes halogenated alkanes) is 2. The predicted octanol–water partition coefficient (Wildman–Crippen LogP) is -1.12. The predicted molar refractivity (Wildman–Crippen MR) is 148 cm³/mol. The molecule has 14 nitrogen and oxygen atoms in total. The summed E-state index contributed by atoms with van der Waals surface area (Å²) in [6.07, 6.45) is -12.6. The number of aliphatic hydroxyl groups is 7. The van der Waals surface area contributed by atoms with E-state index < -0.39 is 80.7 Å². The maximum absolute atomic E-state index is 12.9. The molecule has 2 saturated heterocycles. The molecule has 1 aromatic rings. The van der Waals surface area contributed by atoms with Crippen LogP contribution in [-0.2, 0) is 30.2 Å². The van der Waals surface area contributed by atoms with E-state index in [1.165, 1.54) is 13.2 Å². The number of rotatable bonds is 16. The van der Waals surface area contributed by atoms with Crippen molar-refractivity contribution in [1.82, 2.24) is 0 Å². The van der Waals surface area contributed by atoms with Gasteiger partial charge in [0.05, 0.1) is 26.4 Å². The van der Waals surface area contributed by atoms with Crippen LogP contribution >= 0.6 is 0 Å². The van der Waals surface area contributed by atoms with E-state index in [1.54, 1.807) is 12.1 Å². The molecule has 1 aromatic carbocycles. The molecule has 0 radical (unpaired) electrons. The van der Waals surface area contributed by atoms with E-state index in [4.69, 9.17) is 23.7 Å². The van der Waals surface area contributed by atoms with E-state index in [2.05, 4.69) is 0 Å². The molecule has 0 aromatic heterocycles. The van der Waals surface area contributed by atoms with Crippen LogP contribution in [0.2, 0.25) is 0 Å². The second kappa shape index (κ2) is 16.9. The summed E-state index contributed by atoms with van der Waals surface area (Å²) in [6.45, 7) is 0.637. The number of benzene rings is 1. The second-order valence-electron chi connectivity index (χ2n) is 11.0. The number of Topliss-reactive ketones (excluding diaryl/α,β-unsaturated/α-hetero) is 1. The second-order valence-corrected chi connectivity index (χ2v) is 11.0. The lowest BCUT2D eigenvalue weighted by atomic mass is 9.96. The van der Waals surface area contributed by atoms with Crippen molar-refractivity contribution in [2.75, 3.05) is 20.3 Å². The van der Waals surface area contributed by atoms with Crippen molar-refractivity contribution in [3.63, 3.8) is 0 Å². The maximum Gasteiger partial charge on any atom is 0.187 e. The van der Waals surface area contributed by atoms with Gasteiger partial charge in [0.25, 0.3) is 0 Å². The van der Waals surface area contributed by atoms with Crippen LogP contribution in [0.1, 0.15) is 51.0 Å². The van der Waals surface area contributed by atoms with Crippen molar-refractivity contribution in [2.24, 2.45) is 0 Å². The first-order valence-electron chi connectivity index (χ1n) is 14.7. The van der Waals surface area contributed by atoms with Gasteiger partial charge in [-0.3, -0.25) is 4.79 Å². The Hall–Kier alpha value is -1.95. The van der Waals surface area contributed by atoms with Gasteiger partial charge in [-0.15, -0.1) is 0 Å². The third-order valence-corrected chi connectivity index (χ3v) is 7.81. The lowest BCUT2D eigenvalue weighted by Gasteiger charge is -2.46. The number of phenolic OH excluding ortho intramolecular Hbond substituents is 1. The molecule has 2 fully saturated rings. The van der Waals surface area contributed by atoms with E-state index in [1.807, 2.05) is 6.92 Å². The Morgan fingerprint density at radius 3 is 2.23 bits per heavy atom. The quantitative estimate of drug-likeness (QED) is 0.103. The first kappa shape index (κ1) is 35.5. The lowest BCUT2D eigenvalue weighted by Crippen LogP contribution is -2.65. The van der Waals surface area contributed by atoms with Gasteiger partial charge in [-0.05, 0) is 30.5 Å². The minimum atomic E-state index is -1.77. The van der Waals surface area contributed by atoms with E-state index in [0.717, 1.165) is 24.8 Å². The highest BCUT2D eigenvalue weighted by Gasteiger charge is 2.51. The van der Waals surface area contributed by atoms with Crippen molar-refractivity contribution < 1.29 is 69.3 Å². The monoisotopic (exact) mass is 618 g/mol. The molecule has 3 rings (SSSR count). The fourth-order valence-electron chi connectivity index (χ4n) is 5.21. The van der Waals surface area contributed by atoms with Crippen LogP contribution in [0.25, 0.3) is 0 Å². The van der Waals surface area contributed by atoms with Crippen molar-refractivity contribution in [3.8, 4) is 11.5 Å². The molecule has 0 amide bonds. The Morgan fingerprint density at radius 1 is 0.907 bits per heavy atom. The van der Waals surface area contributed by atoms with Gasteiger partial charge in [-0.1, -0.05) is 32.3 Å². The van der Waals surface area contributed by atoms with E-state index in [9.17, 15) is 45.6 Å². The molecule has 11 atom stereocenters. The minimum absolute atomic E-state index is 0.00259. The fourth-order valence-corrected chi connectivity index (χ4v) is 5.21. The Balaban J connectivity index is 1.64. The number of ketones is 1. The molecule has 0 bridgehead atoms. The summed E-state index contributed by atoms with van der Waals surface area (Å²) in [5.74, 6) is 0.194. The van der Waals surface area contributed by atoms with Crippen LogP contribution in [0.15, 0.2) is 18.2 Å². The molecule has 8 N–H and O–H groups in total. The highest BCUT2D eigenvalue weighted by molar-refractivity contribution is 5.79. The van der Waals surface area contributed by atoms with Gasteiger partial charge in [-0.2, -0.15) is 0 Å². The highest BCUT2D eigenvalue weighted by Crippen LogP contribution is 2.31. The average Bonchev–Trinajstić information content (AvgIpc) is 3.00. The number of hydrogen-bond acceptors (Lipinski definition) is 14. The number of phenols is 1. The SMILES string of the molecule is CCCCCC(CC(=O)CCc1ccc(O)c(OC)c1)OC1OC(CO)C(OC2OC(CO)C(O)C(O)C2O)C(O)C1O.